The highest BCUT2D eigenvalue weighted by atomic mass is 32.3. The van der Waals surface area contributed by atoms with Crippen LogP contribution in [0.25, 0.3) is 0 Å². The molecule has 0 amide bonds. The molecule has 18 nitrogen and oxygen atoms in total. The summed E-state index contributed by atoms with van der Waals surface area (Å²) in [6, 6.07) is 0. The number of carbonyl (C=O) groups excluding carboxylic acids is 1. The van der Waals surface area contributed by atoms with Crippen LogP contribution in [0.15, 0.2) is 12.2 Å². The standard InChI is InChI=1S/C50H98O18S4/c1-3-5-7-26-36-46(65-69(53,54)55)38-28-18-11-9-12-19-30-40-48(67-71(59,60)61)41-31-23-25-35-45(44-51)34-24-17-15-16-21-32-42-49(52)50(68-72(62,63)64)43-33-22-14-10-13-20-29-39-47(66-70(56,57)58)37-27-8-6-4-2/h16,21,44-50,52H,3-15,17-20,22-43H2,1-2H3,(H,53,54,55)(H,56,57,58)(H,59,60,61)(H,62,63,64)/b21-16-/t45-,46-,47+,48-,49+,50+/m1/s1. The van der Waals surface area contributed by atoms with Crippen molar-refractivity contribution < 1.29 is 78.5 Å². The maximum absolute atomic E-state index is 11.8. The second-order valence-corrected chi connectivity index (χ2v) is 23.9. The van der Waals surface area contributed by atoms with E-state index >= 15 is 0 Å². The number of aldehydes is 1. The van der Waals surface area contributed by atoms with Crippen LogP contribution in [-0.4, -0.2) is 93.8 Å². The summed E-state index contributed by atoms with van der Waals surface area (Å²) in [4.78, 5) is 11.8. The molecule has 5 N–H and O–H groups in total. The second-order valence-electron chi connectivity index (χ2n) is 19.7. The minimum absolute atomic E-state index is 0.0816. The number of aliphatic hydroxyl groups excluding tert-OH is 1. The highest BCUT2D eigenvalue weighted by molar-refractivity contribution is 7.81. The smallest absolute Gasteiger partial charge is 0.390 e. The average molecular weight is 1120 g/mol. The molecule has 0 aromatic rings. The molecule has 0 bridgehead atoms. The Morgan fingerprint density at radius 3 is 0.958 bits per heavy atom. The number of rotatable bonds is 54. The van der Waals surface area contributed by atoms with Gasteiger partial charge in [0.15, 0.2) is 0 Å². The van der Waals surface area contributed by atoms with Crippen LogP contribution in [0.3, 0.4) is 0 Å². The van der Waals surface area contributed by atoms with E-state index in [0.717, 1.165) is 186 Å². The van der Waals surface area contributed by atoms with Crippen LogP contribution in [0.2, 0.25) is 0 Å². The number of unbranched alkanes of at least 4 members (excludes halogenated alkanes) is 22. The zero-order chi connectivity index (χ0) is 54.0. The van der Waals surface area contributed by atoms with Gasteiger partial charge in [-0.15, -0.1) is 0 Å². The van der Waals surface area contributed by atoms with Crippen LogP contribution in [-0.2, 0) is 63.1 Å². The van der Waals surface area contributed by atoms with Crippen molar-refractivity contribution in [3.8, 4) is 0 Å². The van der Waals surface area contributed by atoms with Crippen LogP contribution in [0.5, 0.6) is 0 Å². The highest BCUT2D eigenvalue weighted by Crippen LogP contribution is 2.23. The van der Waals surface area contributed by atoms with Crippen molar-refractivity contribution in [2.24, 2.45) is 5.92 Å². The van der Waals surface area contributed by atoms with Crippen molar-refractivity contribution in [1.82, 2.24) is 0 Å². The van der Waals surface area contributed by atoms with Crippen LogP contribution >= 0.6 is 0 Å². The van der Waals surface area contributed by atoms with Crippen molar-refractivity contribution in [2.45, 2.75) is 295 Å². The van der Waals surface area contributed by atoms with Gasteiger partial charge in [-0.3, -0.25) is 18.2 Å². The number of aliphatic hydroxyl groups is 1. The van der Waals surface area contributed by atoms with Crippen molar-refractivity contribution in [3.63, 3.8) is 0 Å². The Morgan fingerprint density at radius 2 is 0.625 bits per heavy atom. The summed E-state index contributed by atoms with van der Waals surface area (Å²) < 4.78 is 147. The Kier molecular flexibility index (Phi) is 43.2. The molecule has 6 atom stereocenters. The monoisotopic (exact) mass is 1110 g/mol. The van der Waals surface area contributed by atoms with Crippen LogP contribution in [0, 0.1) is 5.92 Å². The fourth-order valence-corrected chi connectivity index (χ4v) is 11.3. The van der Waals surface area contributed by atoms with E-state index in [1.54, 1.807) is 0 Å². The first-order valence-electron chi connectivity index (χ1n) is 27.5. The number of allylic oxidation sites excluding steroid dienone is 2. The van der Waals surface area contributed by atoms with Gasteiger partial charge in [0.25, 0.3) is 0 Å². The first kappa shape index (κ1) is 70.8. The zero-order valence-electron chi connectivity index (χ0n) is 43.9. The molecule has 0 saturated heterocycles. The fourth-order valence-electron chi connectivity index (χ4n) is 9.12. The van der Waals surface area contributed by atoms with Gasteiger partial charge in [0, 0.05) is 5.92 Å². The van der Waals surface area contributed by atoms with Crippen LogP contribution in [0.1, 0.15) is 264 Å². The van der Waals surface area contributed by atoms with Crippen molar-refractivity contribution in [2.75, 3.05) is 0 Å². The summed E-state index contributed by atoms with van der Waals surface area (Å²) in [5.41, 5.74) is 0. The van der Waals surface area contributed by atoms with Gasteiger partial charge in [0.1, 0.15) is 12.4 Å². The van der Waals surface area contributed by atoms with E-state index in [1.807, 2.05) is 12.2 Å². The topological polar surface area (TPSA) is 292 Å². The molecule has 0 unspecified atom stereocenters. The van der Waals surface area contributed by atoms with Crippen molar-refractivity contribution >= 4 is 47.9 Å². The van der Waals surface area contributed by atoms with Crippen molar-refractivity contribution in [1.29, 1.82) is 0 Å². The molecule has 22 heteroatoms. The van der Waals surface area contributed by atoms with Crippen LogP contribution in [0.4, 0.5) is 0 Å². The molecule has 0 aliphatic rings. The maximum Gasteiger partial charge on any atom is 0.397 e. The zero-order valence-corrected chi connectivity index (χ0v) is 47.2. The quantitative estimate of drug-likeness (QED) is 0.0164. The van der Waals surface area contributed by atoms with E-state index in [0.29, 0.717) is 57.8 Å². The number of carbonyl (C=O) groups is 1. The fraction of sp³-hybridized carbons (Fsp3) is 0.940. The lowest BCUT2D eigenvalue weighted by Crippen LogP contribution is -2.31. The first-order chi connectivity index (χ1) is 34.1. The third-order valence-corrected chi connectivity index (χ3v) is 15.1. The third kappa shape index (κ3) is 49.7. The number of hydrogen-bond donors (Lipinski definition) is 5. The lowest BCUT2D eigenvalue weighted by Gasteiger charge is -2.21. The van der Waals surface area contributed by atoms with Crippen molar-refractivity contribution in [3.05, 3.63) is 12.2 Å². The third-order valence-electron chi connectivity index (χ3n) is 13.1. The normalized spacial score (nSPS) is 15.4. The van der Waals surface area contributed by atoms with Gasteiger partial charge < -0.3 is 9.90 Å². The SMILES string of the molecule is CCCCCC[C@H](CCCCCCCCC[C@H](CCCCC[C@H](C=O)CCCC/C=C\CC[C@H](O)[C@H](CCCCCCCCC[C@H](CCCCCC)OS(=O)(=O)O)OS(=O)(=O)O)OS(=O)(=O)O)OS(=O)(=O)O. The Bertz CT molecular complexity index is 1780. The largest absolute Gasteiger partial charge is 0.397 e. The van der Waals surface area contributed by atoms with Gasteiger partial charge in [-0.05, 0) is 83.5 Å². The molecule has 0 aromatic carbocycles. The highest BCUT2D eigenvalue weighted by Gasteiger charge is 2.25. The molecule has 0 fully saturated rings. The molecule has 72 heavy (non-hydrogen) atoms. The predicted molar refractivity (Wildman–Crippen MR) is 282 cm³/mol. The Hall–Kier alpha value is -1.15. The Morgan fingerprint density at radius 1 is 0.347 bits per heavy atom. The molecule has 0 aliphatic carbocycles. The Balaban J connectivity index is 4.37. The average Bonchev–Trinajstić information content (AvgIpc) is 3.28. The summed E-state index contributed by atoms with van der Waals surface area (Å²) in [6.07, 6.45) is 31.5. The minimum Gasteiger partial charge on any atom is -0.390 e. The summed E-state index contributed by atoms with van der Waals surface area (Å²) in [6.45, 7) is 4.19. The van der Waals surface area contributed by atoms with E-state index in [9.17, 15) is 52.7 Å². The first-order valence-corrected chi connectivity index (χ1v) is 32.9. The van der Waals surface area contributed by atoms with Gasteiger partial charge in [0.2, 0.25) is 0 Å². The molecule has 0 radical (unpaired) electrons. The van der Waals surface area contributed by atoms with E-state index < -0.39 is 72.1 Å². The molecule has 0 heterocycles. The van der Waals surface area contributed by atoms with Gasteiger partial charge in [-0.2, -0.15) is 33.7 Å². The van der Waals surface area contributed by atoms with Gasteiger partial charge >= 0.3 is 41.6 Å². The summed E-state index contributed by atoms with van der Waals surface area (Å²) in [5.74, 6) is -0.0816. The lowest BCUT2D eigenvalue weighted by molar-refractivity contribution is -0.111. The molecule has 0 rings (SSSR count). The molecule has 0 saturated carbocycles. The summed E-state index contributed by atoms with van der Waals surface area (Å²) in [5, 5.41) is 10.7. The minimum atomic E-state index is -4.76. The predicted octanol–water partition coefficient (Wildman–Crippen LogP) is 12.7. The second kappa shape index (κ2) is 43.9. The summed E-state index contributed by atoms with van der Waals surface area (Å²) >= 11 is 0. The van der Waals surface area contributed by atoms with E-state index in [2.05, 4.69) is 13.8 Å². The van der Waals surface area contributed by atoms with Gasteiger partial charge in [-0.25, -0.2) is 16.7 Å². The van der Waals surface area contributed by atoms with E-state index in [-0.39, 0.29) is 18.8 Å². The van der Waals surface area contributed by atoms with E-state index in [4.69, 9.17) is 25.8 Å². The number of hydrogen-bond acceptors (Lipinski definition) is 14. The molecular formula is C50H98O18S4. The summed E-state index contributed by atoms with van der Waals surface area (Å²) in [7, 11) is -18.3. The van der Waals surface area contributed by atoms with Gasteiger partial charge in [0.05, 0.1) is 24.4 Å². The molecule has 0 spiro atoms. The Labute approximate surface area is 437 Å². The van der Waals surface area contributed by atoms with Crippen LogP contribution < -0.4 is 0 Å². The molecule has 0 aromatic heterocycles. The van der Waals surface area contributed by atoms with Gasteiger partial charge in [-0.1, -0.05) is 193 Å². The van der Waals surface area contributed by atoms with E-state index in [1.165, 1.54) is 0 Å². The lowest BCUT2D eigenvalue weighted by atomic mass is 9.95. The molecule has 430 valence electrons. The molecular weight excluding hydrogens is 1020 g/mol. The molecule has 0 aliphatic heterocycles. The maximum atomic E-state index is 11.8.